The Hall–Kier alpha value is -2.88. The predicted molar refractivity (Wildman–Crippen MR) is 150 cm³/mol. The summed E-state index contributed by atoms with van der Waals surface area (Å²) >= 11 is 12.6. The second-order valence-electron chi connectivity index (χ2n) is 10.3. The number of halogens is 2. The molecule has 2 saturated heterocycles. The van der Waals surface area contributed by atoms with Gasteiger partial charge in [-0.1, -0.05) is 23.2 Å². The Labute approximate surface area is 231 Å². The molecule has 6 rings (SSSR count). The molecule has 1 spiro atoms. The number of nitrogens with one attached hydrogen (secondary N) is 1. The average molecular weight is 573 g/mol. The Balaban J connectivity index is 1.19. The van der Waals surface area contributed by atoms with Gasteiger partial charge < -0.3 is 9.64 Å². The third-order valence-corrected chi connectivity index (χ3v) is 10.3. The number of aromatic nitrogens is 4. The van der Waals surface area contributed by atoms with Crippen molar-refractivity contribution < 1.29 is 13.2 Å². The first-order valence-electron chi connectivity index (χ1n) is 12.6. The molecule has 1 N–H and O–H groups in total. The lowest BCUT2D eigenvalue weighted by atomic mass is 9.78. The molecule has 2 fully saturated rings. The van der Waals surface area contributed by atoms with Crippen molar-refractivity contribution in [3.05, 3.63) is 64.5 Å². The summed E-state index contributed by atoms with van der Waals surface area (Å²) in [6.07, 6.45) is 7.12. The van der Waals surface area contributed by atoms with Gasteiger partial charge in [0.2, 0.25) is 0 Å². The van der Waals surface area contributed by atoms with Crippen LogP contribution in [0, 0.1) is 5.41 Å². The van der Waals surface area contributed by atoms with Crippen molar-refractivity contribution in [1.29, 1.82) is 0 Å². The standard InChI is InChI=1S/C27H27Cl2N5O3S/c1-17(25-21(28)14-30-15-22(25)29)37-19-3-4-23-20(12-19)26(33-32-23)18-2-5-24(31-13-18)34-9-6-27(7-10-34)8-11-38(35,36)16-27/h2-5,12-15,17H,6-11,16H2,1H3,(H,32,33)/t17-/m1/s1. The molecular formula is C27H27Cl2N5O3S. The van der Waals surface area contributed by atoms with E-state index in [0.29, 0.717) is 32.9 Å². The highest BCUT2D eigenvalue weighted by Crippen LogP contribution is 2.42. The SMILES string of the molecule is C[C@@H](Oc1ccc2[nH]nc(-c3ccc(N4CCC5(CC4)CCS(=O)(=O)C5)nc3)c2c1)c1c(Cl)cncc1Cl. The minimum atomic E-state index is -2.88. The van der Waals surface area contributed by atoms with Gasteiger partial charge in [0.1, 0.15) is 23.4 Å². The quantitative estimate of drug-likeness (QED) is 0.319. The van der Waals surface area contributed by atoms with Gasteiger partial charge in [-0.05, 0) is 61.9 Å². The molecule has 4 aromatic rings. The van der Waals surface area contributed by atoms with Crippen molar-refractivity contribution in [1.82, 2.24) is 20.2 Å². The van der Waals surface area contributed by atoms with E-state index in [2.05, 4.69) is 20.1 Å². The second-order valence-corrected chi connectivity index (χ2v) is 13.3. The number of pyridine rings is 2. The highest BCUT2D eigenvalue weighted by Gasteiger charge is 2.44. The van der Waals surface area contributed by atoms with Crippen LogP contribution in [0.1, 0.15) is 37.9 Å². The summed E-state index contributed by atoms with van der Waals surface area (Å²) in [5, 5.41) is 9.45. The monoisotopic (exact) mass is 571 g/mol. The number of sulfone groups is 1. The van der Waals surface area contributed by atoms with Crippen molar-refractivity contribution in [2.45, 2.75) is 32.3 Å². The molecule has 1 atom stereocenters. The minimum absolute atomic E-state index is 0.0470. The zero-order chi connectivity index (χ0) is 26.5. The van der Waals surface area contributed by atoms with Crippen LogP contribution in [0.5, 0.6) is 5.75 Å². The number of hydrogen-bond donors (Lipinski definition) is 1. The van der Waals surface area contributed by atoms with E-state index < -0.39 is 9.84 Å². The molecule has 2 aliphatic rings. The van der Waals surface area contributed by atoms with Crippen molar-refractivity contribution in [2.24, 2.45) is 5.41 Å². The van der Waals surface area contributed by atoms with E-state index in [-0.39, 0.29) is 11.5 Å². The molecule has 11 heteroatoms. The summed E-state index contributed by atoms with van der Waals surface area (Å²) in [7, 11) is -2.88. The number of piperidine rings is 1. The van der Waals surface area contributed by atoms with Gasteiger partial charge in [0, 0.05) is 48.2 Å². The summed E-state index contributed by atoms with van der Waals surface area (Å²) in [5.74, 6) is 2.22. The first-order valence-corrected chi connectivity index (χ1v) is 15.2. The fraction of sp³-hybridized carbons (Fsp3) is 0.370. The van der Waals surface area contributed by atoms with Crippen LogP contribution in [-0.4, -0.2) is 53.2 Å². The Morgan fingerprint density at radius 1 is 1.05 bits per heavy atom. The fourth-order valence-electron chi connectivity index (χ4n) is 5.66. The highest BCUT2D eigenvalue weighted by atomic mass is 35.5. The molecule has 3 aromatic heterocycles. The minimum Gasteiger partial charge on any atom is -0.486 e. The number of anilines is 1. The smallest absolute Gasteiger partial charge is 0.150 e. The van der Waals surface area contributed by atoms with E-state index in [1.54, 1.807) is 12.4 Å². The average Bonchev–Trinajstić information content (AvgIpc) is 3.44. The van der Waals surface area contributed by atoms with Crippen LogP contribution in [0.15, 0.2) is 48.9 Å². The van der Waals surface area contributed by atoms with Crippen molar-refractivity contribution in [2.75, 3.05) is 29.5 Å². The summed E-state index contributed by atoms with van der Waals surface area (Å²) in [6.45, 7) is 3.53. The van der Waals surface area contributed by atoms with Crippen molar-refractivity contribution >= 4 is 49.8 Å². The fourth-order valence-corrected chi connectivity index (χ4v) is 8.59. The van der Waals surface area contributed by atoms with Crippen LogP contribution >= 0.6 is 23.2 Å². The van der Waals surface area contributed by atoms with E-state index >= 15 is 0 Å². The van der Waals surface area contributed by atoms with Crippen LogP contribution in [0.2, 0.25) is 10.0 Å². The van der Waals surface area contributed by atoms with Crippen molar-refractivity contribution in [3.63, 3.8) is 0 Å². The molecule has 2 aliphatic heterocycles. The van der Waals surface area contributed by atoms with Gasteiger partial charge in [0.15, 0.2) is 9.84 Å². The Morgan fingerprint density at radius 2 is 1.82 bits per heavy atom. The van der Waals surface area contributed by atoms with Gasteiger partial charge in [-0.15, -0.1) is 0 Å². The number of benzene rings is 1. The maximum Gasteiger partial charge on any atom is 0.150 e. The number of aromatic amines is 1. The number of nitrogens with zero attached hydrogens (tertiary/aromatic N) is 4. The molecule has 5 heterocycles. The van der Waals surface area contributed by atoms with Crippen LogP contribution in [0.3, 0.4) is 0 Å². The molecule has 0 amide bonds. The van der Waals surface area contributed by atoms with Crippen LogP contribution in [0.4, 0.5) is 5.82 Å². The van der Waals surface area contributed by atoms with E-state index in [1.807, 2.05) is 43.5 Å². The van der Waals surface area contributed by atoms with Crippen LogP contribution in [-0.2, 0) is 9.84 Å². The van der Waals surface area contributed by atoms with Gasteiger partial charge in [-0.2, -0.15) is 5.10 Å². The number of ether oxygens (including phenoxy) is 1. The number of H-pyrrole nitrogens is 1. The molecule has 0 radical (unpaired) electrons. The maximum atomic E-state index is 12.0. The molecular weight excluding hydrogens is 545 g/mol. The summed E-state index contributed by atoms with van der Waals surface area (Å²) in [6, 6.07) is 9.79. The molecule has 8 nitrogen and oxygen atoms in total. The molecule has 198 valence electrons. The van der Waals surface area contributed by atoms with Crippen LogP contribution < -0.4 is 9.64 Å². The first kappa shape index (κ1) is 25.4. The molecule has 38 heavy (non-hydrogen) atoms. The lowest BCUT2D eigenvalue weighted by Crippen LogP contribution is -2.41. The topological polar surface area (TPSA) is 101 Å². The first-order chi connectivity index (χ1) is 18.2. The highest BCUT2D eigenvalue weighted by molar-refractivity contribution is 7.91. The van der Waals surface area contributed by atoms with E-state index in [0.717, 1.165) is 60.3 Å². The van der Waals surface area contributed by atoms with E-state index in [1.165, 1.54) is 0 Å². The summed E-state index contributed by atoms with van der Waals surface area (Å²) in [4.78, 5) is 11.0. The van der Waals surface area contributed by atoms with Crippen molar-refractivity contribution in [3.8, 4) is 17.0 Å². The van der Waals surface area contributed by atoms with Gasteiger partial charge in [-0.3, -0.25) is 10.1 Å². The lowest BCUT2D eigenvalue weighted by Gasteiger charge is -2.39. The molecule has 0 aliphatic carbocycles. The zero-order valence-corrected chi connectivity index (χ0v) is 23.2. The Morgan fingerprint density at radius 3 is 2.47 bits per heavy atom. The normalized spacial score (nSPS) is 19.2. The summed E-state index contributed by atoms with van der Waals surface area (Å²) < 4.78 is 30.2. The maximum absolute atomic E-state index is 12.0. The molecule has 0 bridgehead atoms. The zero-order valence-electron chi connectivity index (χ0n) is 20.8. The van der Waals surface area contributed by atoms with Crippen LogP contribution in [0.25, 0.3) is 22.2 Å². The van der Waals surface area contributed by atoms with Gasteiger partial charge in [0.05, 0.1) is 27.1 Å². The molecule has 0 saturated carbocycles. The third kappa shape index (κ3) is 4.83. The number of fused-ring (bicyclic) bond motifs is 1. The third-order valence-electron chi connectivity index (χ3n) is 7.78. The summed E-state index contributed by atoms with van der Waals surface area (Å²) in [5.41, 5.74) is 3.20. The van der Waals surface area contributed by atoms with Gasteiger partial charge in [-0.25, -0.2) is 13.4 Å². The van der Waals surface area contributed by atoms with Gasteiger partial charge in [0.25, 0.3) is 0 Å². The van der Waals surface area contributed by atoms with E-state index in [4.69, 9.17) is 32.9 Å². The second kappa shape index (κ2) is 9.70. The molecule has 0 unspecified atom stereocenters. The lowest BCUT2D eigenvalue weighted by molar-refractivity contribution is 0.227. The number of rotatable bonds is 5. The largest absolute Gasteiger partial charge is 0.486 e. The Bertz CT molecular complexity index is 1580. The number of hydrogen-bond acceptors (Lipinski definition) is 7. The molecule has 1 aromatic carbocycles. The predicted octanol–water partition coefficient (Wildman–Crippen LogP) is 5.87. The van der Waals surface area contributed by atoms with E-state index in [9.17, 15) is 8.42 Å². The van der Waals surface area contributed by atoms with Gasteiger partial charge >= 0.3 is 0 Å². The Kier molecular flexibility index (Phi) is 6.48.